The van der Waals surface area contributed by atoms with Crippen molar-refractivity contribution in [3.63, 3.8) is 0 Å². The van der Waals surface area contributed by atoms with E-state index in [-0.39, 0.29) is 31.1 Å². The summed E-state index contributed by atoms with van der Waals surface area (Å²) < 4.78 is 14.6. The van der Waals surface area contributed by atoms with E-state index in [1.165, 1.54) is 0 Å². The molecule has 0 saturated carbocycles. The Morgan fingerprint density at radius 1 is 1.03 bits per heavy atom. The molecular formula is C28H34N4O6S. The second-order valence-corrected chi connectivity index (χ2v) is 10.5. The fraction of sp³-hybridized carbons (Fsp3) is 0.429. The number of hydrogen-bond donors (Lipinski definition) is 3. The number of carboxylic acids is 1. The minimum atomic E-state index is -0.845. The van der Waals surface area contributed by atoms with E-state index in [4.69, 9.17) is 14.6 Å². The third-order valence-electron chi connectivity index (χ3n) is 6.47. The summed E-state index contributed by atoms with van der Waals surface area (Å²) in [5.74, 6) is -0.252. The number of amides is 1. The molecule has 10 nitrogen and oxygen atoms in total. The van der Waals surface area contributed by atoms with Crippen molar-refractivity contribution in [1.29, 1.82) is 0 Å². The van der Waals surface area contributed by atoms with Gasteiger partial charge in [0.2, 0.25) is 5.91 Å². The average molecular weight is 555 g/mol. The number of hydrogen-bond acceptors (Lipinski definition) is 8. The summed E-state index contributed by atoms with van der Waals surface area (Å²) >= 11 is 1.59. The van der Waals surface area contributed by atoms with Gasteiger partial charge in [0.05, 0.1) is 18.8 Å². The number of aliphatic carboxylic acids is 1. The van der Waals surface area contributed by atoms with E-state index >= 15 is 0 Å². The zero-order chi connectivity index (χ0) is 27.6. The molecule has 3 unspecified atom stereocenters. The quantitative estimate of drug-likeness (QED) is 0.212. The third-order valence-corrected chi connectivity index (χ3v) is 7.64. The summed E-state index contributed by atoms with van der Waals surface area (Å²) in [6.45, 7) is 0.382. The highest BCUT2D eigenvalue weighted by molar-refractivity contribution is 7.99. The van der Waals surface area contributed by atoms with Crippen molar-refractivity contribution >= 4 is 23.6 Å². The number of aromatic nitrogens is 3. The average Bonchev–Trinajstić information content (AvgIpc) is 3.37. The molecular weight excluding hydrogens is 520 g/mol. The number of ether oxygens (including phenoxy) is 2. The van der Waals surface area contributed by atoms with Crippen LogP contribution in [0.2, 0.25) is 0 Å². The van der Waals surface area contributed by atoms with Gasteiger partial charge in [-0.15, -0.1) is 10.2 Å². The van der Waals surface area contributed by atoms with Gasteiger partial charge in [-0.05, 0) is 29.5 Å². The SMILES string of the molecule is Cn1cnnc1SCC1CC(c2ccc(CO)cc2)OC(c2ccc(CNC(=O)CCCCC(=O)O)cc2)O1. The van der Waals surface area contributed by atoms with Crippen LogP contribution in [0.3, 0.4) is 0 Å². The molecule has 4 rings (SSSR count). The highest BCUT2D eigenvalue weighted by Gasteiger charge is 2.32. The maximum atomic E-state index is 12.1. The standard InChI is InChI=1S/C28H34N4O6S/c1-32-18-30-31-28(32)39-17-23-14-24(21-10-8-20(16-33)9-11-21)38-27(37-23)22-12-6-19(7-13-22)15-29-25(34)4-2-3-5-26(35)36/h6-13,18,23-24,27,33H,2-5,14-17H2,1H3,(H,29,34)(H,35,36). The Balaban J connectivity index is 1.38. The van der Waals surface area contributed by atoms with Gasteiger partial charge in [-0.25, -0.2) is 0 Å². The summed E-state index contributed by atoms with van der Waals surface area (Å²) in [4.78, 5) is 22.7. The molecule has 3 atom stereocenters. The first-order chi connectivity index (χ1) is 18.9. The number of aliphatic hydroxyl groups excluding tert-OH is 1. The van der Waals surface area contributed by atoms with Gasteiger partial charge in [-0.2, -0.15) is 0 Å². The number of aliphatic hydroxyl groups is 1. The van der Waals surface area contributed by atoms with E-state index in [1.807, 2.05) is 60.1 Å². The molecule has 208 valence electrons. The van der Waals surface area contributed by atoms with Crippen LogP contribution in [-0.4, -0.2) is 48.7 Å². The van der Waals surface area contributed by atoms with Crippen molar-refractivity contribution in [2.45, 2.75) is 68.9 Å². The van der Waals surface area contributed by atoms with Crippen LogP contribution in [0.4, 0.5) is 0 Å². The molecule has 1 amide bonds. The van der Waals surface area contributed by atoms with E-state index in [2.05, 4.69) is 15.5 Å². The number of nitrogens with one attached hydrogen (secondary N) is 1. The zero-order valence-corrected chi connectivity index (χ0v) is 22.7. The fourth-order valence-electron chi connectivity index (χ4n) is 4.24. The van der Waals surface area contributed by atoms with Crippen LogP contribution in [0, 0.1) is 0 Å². The van der Waals surface area contributed by atoms with Gasteiger partial charge in [0, 0.05) is 44.2 Å². The number of rotatable bonds is 13. The van der Waals surface area contributed by atoms with Crippen molar-refractivity contribution in [3.8, 4) is 0 Å². The fourth-order valence-corrected chi connectivity index (χ4v) is 5.14. The molecule has 11 heteroatoms. The molecule has 2 heterocycles. The van der Waals surface area contributed by atoms with E-state index in [0.29, 0.717) is 38.0 Å². The van der Waals surface area contributed by atoms with Crippen LogP contribution >= 0.6 is 11.8 Å². The number of carbonyl (C=O) groups excluding carboxylic acids is 1. The van der Waals surface area contributed by atoms with Crippen molar-refractivity contribution < 1.29 is 29.3 Å². The Kier molecular flexibility index (Phi) is 10.5. The minimum absolute atomic E-state index is 0.00791. The van der Waals surface area contributed by atoms with Gasteiger partial charge < -0.3 is 29.6 Å². The monoisotopic (exact) mass is 554 g/mol. The van der Waals surface area contributed by atoms with Gasteiger partial charge in [-0.1, -0.05) is 60.3 Å². The molecule has 3 N–H and O–H groups in total. The summed E-state index contributed by atoms with van der Waals surface area (Å²) in [6.07, 6.45) is 2.94. The molecule has 1 aliphatic rings. The number of carboxylic acid groups (broad SMARTS) is 1. The maximum Gasteiger partial charge on any atom is 0.303 e. The molecule has 0 bridgehead atoms. The number of thioether (sulfide) groups is 1. The lowest BCUT2D eigenvalue weighted by Gasteiger charge is -2.36. The molecule has 3 aromatic rings. The Morgan fingerprint density at radius 2 is 1.72 bits per heavy atom. The predicted molar refractivity (Wildman–Crippen MR) is 145 cm³/mol. The molecule has 0 spiro atoms. The number of carbonyl (C=O) groups is 2. The number of benzene rings is 2. The third kappa shape index (κ3) is 8.62. The van der Waals surface area contributed by atoms with E-state index in [0.717, 1.165) is 27.4 Å². The number of nitrogens with zero attached hydrogens (tertiary/aromatic N) is 3. The molecule has 1 saturated heterocycles. The number of unbranched alkanes of at least 4 members (excludes halogenated alkanes) is 1. The topological polar surface area (TPSA) is 136 Å². The highest BCUT2D eigenvalue weighted by Crippen LogP contribution is 2.39. The van der Waals surface area contributed by atoms with Gasteiger partial charge in [-0.3, -0.25) is 9.59 Å². The minimum Gasteiger partial charge on any atom is -0.481 e. The molecule has 1 aromatic heterocycles. The first-order valence-corrected chi connectivity index (χ1v) is 13.9. The number of aryl methyl sites for hydroxylation is 1. The Morgan fingerprint density at radius 3 is 2.38 bits per heavy atom. The van der Waals surface area contributed by atoms with Crippen LogP contribution in [0.5, 0.6) is 0 Å². The molecule has 1 fully saturated rings. The van der Waals surface area contributed by atoms with E-state index in [1.54, 1.807) is 18.1 Å². The Hall–Kier alpha value is -3.25. The van der Waals surface area contributed by atoms with Crippen LogP contribution in [0.25, 0.3) is 0 Å². The first kappa shape index (κ1) is 28.8. The Bertz CT molecular complexity index is 1220. The summed E-state index contributed by atoms with van der Waals surface area (Å²) in [5.41, 5.74) is 3.69. The largest absolute Gasteiger partial charge is 0.481 e. The predicted octanol–water partition coefficient (Wildman–Crippen LogP) is 3.91. The molecule has 1 aliphatic heterocycles. The van der Waals surface area contributed by atoms with Gasteiger partial charge in [0.1, 0.15) is 6.33 Å². The molecule has 0 aliphatic carbocycles. The van der Waals surface area contributed by atoms with Crippen molar-refractivity contribution in [2.24, 2.45) is 7.05 Å². The Labute approximate surface area is 231 Å². The van der Waals surface area contributed by atoms with Crippen LogP contribution in [-0.2, 0) is 39.3 Å². The van der Waals surface area contributed by atoms with Crippen LogP contribution in [0.15, 0.2) is 60.0 Å². The van der Waals surface area contributed by atoms with Crippen molar-refractivity contribution in [2.75, 3.05) is 5.75 Å². The second kappa shape index (κ2) is 14.2. The second-order valence-electron chi connectivity index (χ2n) is 9.50. The van der Waals surface area contributed by atoms with Crippen molar-refractivity contribution in [3.05, 3.63) is 77.1 Å². The van der Waals surface area contributed by atoms with Crippen LogP contribution < -0.4 is 5.32 Å². The summed E-state index contributed by atoms with van der Waals surface area (Å²) in [6, 6.07) is 15.6. The van der Waals surface area contributed by atoms with E-state index < -0.39 is 12.3 Å². The molecule has 39 heavy (non-hydrogen) atoms. The lowest BCUT2D eigenvalue weighted by molar-refractivity contribution is -0.245. The highest BCUT2D eigenvalue weighted by atomic mass is 32.2. The lowest BCUT2D eigenvalue weighted by Crippen LogP contribution is -2.31. The summed E-state index contributed by atoms with van der Waals surface area (Å²) in [7, 11) is 1.91. The summed E-state index contributed by atoms with van der Waals surface area (Å²) in [5, 5.41) is 29.9. The molecule has 0 radical (unpaired) electrons. The zero-order valence-electron chi connectivity index (χ0n) is 21.9. The van der Waals surface area contributed by atoms with Crippen molar-refractivity contribution in [1.82, 2.24) is 20.1 Å². The van der Waals surface area contributed by atoms with Gasteiger partial charge in [0.15, 0.2) is 11.4 Å². The molecule has 2 aromatic carbocycles. The maximum absolute atomic E-state index is 12.1. The van der Waals surface area contributed by atoms with E-state index in [9.17, 15) is 14.7 Å². The smallest absolute Gasteiger partial charge is 0.303 e. The first-order valence-electron chi connectivity index (χ1n) is 13.0. The normalized spacial score (nSPS) is 19.1. The van der Waals surface area contributed by atoms with Crippen LogP contribution in [0.1, 0.15) is 66.8 Å². The lowest BCUT2D eigenvalue weighted by atomic mass is 10.0. The van der Waals surface area contributed by atoms with Gasteiger partial charge in [0.25, 0.3) is 0 Å². The van der Waals surface area contributed by atoms with Gasteiger partial charge >= 0.3 is 5.97 Å².